The van der Waals surface area contributed by atoms with E-state index in [1.165, 1.54) is 23.3 Å². The van der Waals surface area contributed by atoms with E-state index >= 15 is 0 Å². The highest BCUT2D eigenvalue weighted by Crippen LogP contribution is 2.51. The summed E-state index contributed by atoms with van der Waals surface area (Å²) in [5.41, 5.74) is 8.49. The third-order valence-corrected chi connectivity index (χ3v) is 10.5. The van der Waals surface area contributed by atoms with Crippen molar-refractivity contribution in [3.05, 3.63) is 108 Å². The number of ether oxygens (including phenoxy) is 1. The maximum Gasteiger partial charge on any atom is 0.224 e. The fourth-order valence-electron chi connectivity index (χ4n) is 5.48. The number of hydrogen-bond donors (Lipinski definition) is 2. The van der Waals surface area contributed by atoms with Crippen LogP contribution >= 0.6 is 0 Å². The van der Waals surface area contributed by atoms with E-state index in [1.54, 1.807) is 27.2 Å². The molecule has 2 amide bonds. The van der Waals surface area contributed by atoms with Gasteiger partial charge in [-0.1, -0.05) is 94.8 Å². The molecule has 1 fully saturated rings. The van der Waals surface area contributed by atoms with Gasteiger partial charge in [0.05, 0.1) is 23.1 Å². The Morgan fingerprint density at radius 1 is 1.06 bits per heavy atom. The summed E-state index contributed by atoms with van der Waals surface area (Å²) in [5, 5.41) is 1.92. The molecule has 0 atom stereocenters. The van der Waals surface area contributed by atoms with E-state index in [2.05, 4.69) is 43.1 Å². The third-order valence-electron chi connectivity index (χ3n) is 8.21. The number of hydrogen-bond acceptors (Lipinski definition) is 6. The number of halogens is 2. The zero-order valence-corrected chi connectivity index (χ0v) is 33.0. The second-order valence-electron chi connectivity index (χ2n) is 12.4. The number of methoxy groups -OCH3 is 1. The summed E-state index contributed by atoms with van der Waals surface area (Å²) < 4.78 is 54.9. The lowest BCUT2D eigenvalue weighted by Gasteiger charge is -2.33. The molecule has 2 aromatic carbocycles. The van der Waals surface area contributed by atoms with Gasteiger partial charge in [0.1, 0.15) is 11.6 Å². The van der Waals surface area contributed by atoms with Crippen molar-refractivity contribution in [2.75, 3.05) is 39.6 Å². The van der Waals surface area contributed by atoms with Crippen LogP contribution in [-0.4, -0.2) is 70.5 Å². The lowest BCUT2D eigenvalue weighted by atomic mass is 9.98. The summed E-state index contributed by atoms with van der Waals surface area (Å²) in [6, 6.07) is 11.9. The Morgan fingerprint density at radius 3 is 2.13 bits per heavy atom. The number of nitrogens with one attached hydrogen (secondary N) is 1. The lowest BCUT2D eigenvalue weighted by molar-refractivity contribution is -0.134. The van der Waals surface area contributed by atoms with Crippen LogP contribution in [0.1, 0.15) is 88.8 Å². The molecule has 2 aromatic rings. The number of aryl methyl sites for hydroxylation is 2. The number of benzene rings is 2. The van der Waals surface area contributed by atoms with Crippen LogP contribution in [0.15, 0.2) is 79.4 Å². The zero-order valence-electron chi connectivity index (χ0n) is 32.2. The molecule has 0 heterocycles. The van der Waals surface area contributed by atoms with Crippen molar-refractivity contribution in [2.45, 2.75) is 96.3 Å². The van der Waals surface area contributed by atoms with Gasteiger partial charge in [0.25, 0.3) is 0 Å². The van der Waals surface area contributed by atoms with Crippen molar-refractivity contribution < 1.29 is 31.5 Å². The quantitative estimate of drug-likeness (QED) is 0.112. The van der Waals surface area contributed by atoms with Gasteiger partial charge in [0, 0.05) is 33.2 Å². The molecule has 1 saturated carbocycles. The molecule has 292 valence electrons. The smallest absolute Gasteiger partial charge is 0.224 e. The Hall–Kier alpha value is -3.67. The molecule has 0 saturated heterocycles. The first kappa shape index (κ1) is 48.3. The molecule has 11 heteroatoms. The highest BCUT2D eigenvalue weighted by Gasteiger charge is 2.51. The van der Waals surface area contributed by atoms with Crippen molar-refractivity contribution in [3.63, 3.8) is 0 Å². The molecular weight excluding hydrogens is 685 g/mol. The lowest BCUT2D eigenvalue weighted by Crippen LogP contribution is -2.42. The molecule has 0 spiro atoms. The number of sulfone groups is 1. The van der Waals surface area contributed by atoms with Gasteiger partial charge >= 0.3 is 0 Å². The number of carbonyl (C=O) groups excluding carboxylic acids is 2. The number of amides is 2. The standard InChI is InChI=1S/C24H40N2O3S.C8H12O.C7H6F2.C2H5NO/c1-4-9-22(10-5-2)30(28,29)18-13-23(27)26(17-8-16-25)24(14-15-24)21-12-7-11-20(6-3)19-21;1-3-4-5-6-7-8-9-2;1-5-2-6(8)4-7(9)3-5;1-3-2-4/h7,11-12,19,22H,4-6,8-10,13-18,25H2,1-3H3;3-7H,1,8H2,2H3;2-4H,1H3;2H,1H3,(H,3,4)/b;5-4-,7-6+;;. The van der Waals surface area contributed by atoms with Crippen molar-refractivity contribution in [1.29, 1.82) is 0 Å². The molecule has 8 nitrogen and oxygen atoms in total. The van der Waals surface area contributed by atoms with E-state index in [0.717, 1.165) is 44.6 Å². The number of carbonyl (C=O) groups is 2. The van der Waals surface area contributed by atoms with Gasteiger partial charge in [-0.2, -0.15) is 0 Å². The molecule has 1 aliphatic rings. The predicted molar refractivity (Wildman–Crippen MR) is 211 cm³/mol. The molecule has 0 aromatic heterocycles. The third kappa shape index (κ3) is 19.2. The highest BCUT2D eigenvalue weighted by molar-refractivity contribution is 7.92. The summed E-state index contributed by atoms with van der Waals surface area (Å²) in [6.45, 7) is 13.1. The van der Waals surface area contributed by atoms with Crippen LogP contribution in [0, 0.1) is 18.6 Å². The molecule has 0 radical (unpaired) electrons. The largest absolute Gasteiger partial charge is 0.381 e. The van der Waals surface area contributed by atoms with Crippen LogP contribution in [0.5, 0.6) is 0 Å². The van der Waals surface area contributed by atoms with Crippen molar-refractivity contribution in [1.82, 2.24) is 10.2 Å². The molecule has 52 heavy (non-hydrogen) atoms. The Labute approximate surface area is 312 Å². The van der Waals surface area contributed by atoms with Crippen molar-refractivity contribution >= 4 is 22.2 Å². The van der Waals surface area contributed by atoms with E-state index in [1.807, 2.05) is 43.1 Å². The fraction of sp³-hybridized carbons (Fsp3) is 0.512. The van der Waals surface area contributed by atoms with E-state index < -0.39 is 21.5 Å². The minimum absolute atomic E-state index is 0.0549. The van der Waals surface area contributed by atoms with Gasteiger partial charge in [-0.25, -0.2) is 17.2 Å². The van der Waals surface area contributed by atoms with Gasteiger partial charge in [-0.05, 0) is 80.8 Å². The summed E-state index contributed by atoms with van der Waals surface area (Å²) in [4.78, 5) is 24.3. The topological polar surface area (TPSA) is 119 Å². The molecule has 1 aliphatic carbocycles. The molecule has 3 rings (SSSR count). The summed E-state index contributed by atoms with van der Waals surface area (Å²) in [6.07, 6.45) is 16.6. The van der Waals surface area contributed by atoms with Crippen LogP contribution in [0.25, 0.3) is 0 Å². The second-order valence-corrected chi connectivity index (χ2v) is 14.8. The van der Waals surface area contributed by atoms with Crippen LogP contribution in [0.4, 0.5) is 8.78 Å². The summed E-state index contributed by atoms with van der Waals surface area (Å²) in [5.74, 6) is -1.15. The van der Waals surface area contributed by atoms with Crippen LogP contribution in [-0.2, 0) is 36.1 Å². The predicted octanol–water partition coefficient (Wildman–Crippen LogP) is 7.76. The maximum absolute atomic E-state index is 13.3. The molecule has 0 aliphatic heterocycles. The first-order chi connectivity index (χ1) is 24.8. The van der Waals surface area contributed by atoms with E-state index in [4.69, 9.17) is 15.3 Å². The average molecular weight is 748 g/mol. The van der Waals surface area contributed by atoms with Crippen LogP contribution < -0.4 is 11.1 Å². The van der Waals surface area contributed by atoms with E-state index in [0.29, 0.717) is 44.5 Å². The maximum atomic E-state index is 13.3. The summed E-state index contributed by atoms with van der Waals surface area (Å²) >= 11 is 0. The van der Waals surface area contributed by atoms with Crippen molar-refractivity contribution in [3.8, 4) is 0 Å². The van der Waals surface area contributed by atoms with Crippen LogP contribution in [0.3, 0.4) is 0 Å². The monoisotopic (exact) mass is 747 g/mol. The average Bonchev–Trinajstić information content (AvgIpc) is 3.93. The van der Waals surface area contributed by atoms with Gasteiger partial charge in [-0.3, -0.25) is 9.59 Å². The molecule has 0 bridgehead atoms. The molecule has 0 unspecified atom stereocenters. The Kier molecular flexibility index (Phi) is 25.9. The highest BCUT2D eigenvalue weighted by atomic mass is 32.2. The number of rotatable bonds is 19. The number of nitrogens with zero attached hydrogens (tertiary/aromatic N) is 1. The Morgan fingerprint density at radius 2 is 1.67 bits per heavy atom. The van der Waals surface area contributed by atoms with Crippen LogP contribution in [0.2, 0.25) is 0 Å². The van der Waals surface area contributed by atoms with Gasteiger partial charge in [-0.15, -0.1) is 0 Å². The second kappa shape index (κ2) is 27.9. The van der Waals surface area contributed by atoms with E-state index in [9.17, 15) is 22.0 Å². The Balaban J connectivity index is 0.000000952. The first-order valence-corrected chi connectivity index (χ1v) is 19.9. The van der Waals surface area contributed by atoms with Gasteiger partial charge < -0.3 is 20.7 Å². The minimum atomic E-state index is -3.27. The Bertz CT molecular complexity index is 1420. The van der Waals surface area contributed by atoms with Gasteiger partial charge in [0.2, 0.25) is 12.3 Å². The zero-order chi connectivity index (χ0) is 39.4. The number of nitrogens with two attached hydrogens (primary N) is 1. The first-order valence-electron chi connectivity index (χ1n) is 18.1. The molecule has 3 N–H and O–H groups in total. The SMILES string of the molecule is C=C/C=C\C=C\COC.CCCC(CCC)S(=O)(=O)CCC(=O)N(CCCN)C1(c2cccc(CC)c2)CC1.CNC=O.Cc1cc(F)cc(F)c1. The molecular formula is C41H63F2N3O5S. The fourth-order valence-corrected chi connectivity index (χ4v) is 7.47. The minimum Gasteiger partial charge on any atom is -0.381 e. The van der Waals surface area contributed by atoms with Gasteiger partial charge in [0.15, 0.2) is 9.84 Å². The van der Waals surface area contributed by atoms with E-state index in [-0.39, 0.29) is 28.9 Å². The van der Waals surface area contributed by atoms with Crippen molar-refractivity contribution in [2.24, 2.45) is 5.73 Å². The normalized spacial score (nSPS) is 12.9. The summed E-state index contributed by atoms with van der Waals surface area (Å²) in [7, 11) is -0.0376. The number of allylic oxidation sites excluding steroid dienone is 4.